The van der Waals surface area contributed by atoms with E-state index in [1.807, 2.05) is 13.8 Å². The quantitative estimate of drug-likeness (QED) is 0.206. The van der Waals surface area contributed by atoms with E-state index >= 15 is 0 Å². The number of nitrogens with one attached hydrogen (secondary N) is 1. The molecule has 13 heteroatoms. The van der Waals surface area contributed by atoms with E-state index in [2.05, 4.69) is 5.32 Å². The molecule has 238 valence electrons. The van der Waals surface area contributed by atoms with Crippen LogP contribution in [0.3, 0.4) is 0 Å². The van der Waals surface area contributed by atoms with E-state index in [-0.39, 0.29) is 41.2 Å². The van der Waals surface area contributed by atoms with Gasteiger partial charge in [0.2, 0.25) is 11.8 Å². The van der Waals surface area contributed by atoms with Gasteiger partial charge >= 0.3 is 0 Å². The van der Waals surface area contributed by atoms with Crippen molar-refractivity contribution in [3.63, 3.8) is 0 Å². The number of carbonyl (C=O) groups is 2. The molecule has 2 amide bonds. The highest BCUT2D eigenvalue weighted by Crippen LogP contribution is 2.33. The van der Waals surface area contributed by atoms with Crippen LogP contribution >= 0.6 is 34.8 Å². The predicted octanol–water partition coefficient (Wildman–Crippen LogP) is 6.58. The maximum atomic E-state index is 14.3. The zero-order valence-electron chi connectivity index (χ0n) is 25.1. The van der Waals surface area contributed by atoms with Crippen molar-refractivity contribution < 1.29 is 27.5 Å². The number of methoxy groups -OCH3 is 2. The first kappa shape index (κ1) is 35.3. The normalized spacial score (nSPS) is 12.6. The summed E-state index contributed by atoms with van der Waals surface area (Å²) in [6.45, 7) is 4.79. The van der Waals surface area contributed by atoms with Crippen LogP contribution in [0.1, 0.15) is 39.2 Å². The van der Waals surface area contributed by atoms with E-state index in [4.69, 9.17) is 44.3 Å². The summed E-state index contributed by atoms with van der Waals surface area (Å²) in [5, 5.41) is 3.92. The van der Waals surface area contributed by atoms with E-state index in [9.17, 15) is 18.0 Å². The van der Waals surface area contributed by atoms with Crippen LogP contribution in [0.5, 0.6) is 11.5 Å². The second-order valence-corrected chi connectivity index (χ2v) is 13.1. The molecule has 0 spiro atoms. The molecule has 3 rings (SSSR count). The number of amides is 2. The molecule has 0 aliphatic rings. The smallest absolute Gasteiger partial charge is 0.264 e. The SMILES string of the molecule is CCC(C)NC(=O)C(CC)N(Cc1c(Cl)cccc1Cl)C(=O)CN(c1ccc(Cl)cc1)S(=O)(=O)c1ccc(OC)c(OC)c1. The molecule has 3 aromatic rings. The van der Waals surface area contributed by atoms with Crippen molar-refractivity contribution in [3.05, 3.63) is 81.3 Å². The van der Waals surface area contributed by atoms with Crippen LogP contribution in [0, 0.1) is 0 Å². The van der Waals surface area contributed by atoms with Crippen LogP contribution in [0.15, 0.2) is 65.6 Å². The number of nitrogens with zero attached hydrogens (tertiary/aromatic N) is 2. The van der Waals surface area contributed by atoms with E-state index in [1.54, 1.807) is 25.1 Å². The van der Waals surface area contributed by atoms with Gasteiger partial charge in [-0.25, -0.2) is 8.42 Å². The minimum Gasteiger partial charge on any atom is -0.493 e. The maximum Gasteiger partial charge on any atom is 0.264 e. The third-order valence-electron chi connectivity index (χ3n) is 7.11. The molecule has 0 fully saturated rings. The largest absolute Gasteiger partial charge is 0.493 e. The molecular formula is C31H36Cl3N3O6S. The van der Waals surface area contributed by atoms with Crippen LogP contribution in [-0.2, 0) is 26.2 Å². The van der Waals surface area contributed by atoms with E-state index < -0.39 is 28.5 Å². The van der Waals surface area contributed by atoms with Crippen LogP contribution in [0.25, 0.3) is 0 Å². The van der Waals surface area contributed by atoms with Crippen molar-refractivity contribution in [2.45, 2.75) is 57.1 Å². The van der Waals surface area contributed by atoms with Crippen molar-refractivity contribution in [3.8, 4) is 11.5 Å². The Morgan fingerprint density at radius 2 is 1.50 bits per heavy atom. The molecule has 0 aliphatic heterocycles. The van der Waals surface area contributed by atoms with Gasteiger partial charge in [-0.05, 0) is 68.3 Å². The Labute approximate surface area is 274 Å². The summed E-state index contributed by atoms with van der Waals surface area (Å²) in [6.07, 6.45) is 0.930. The van der Waals surface area contributed by atoms with Crippen LogP contribution < -0.4 is 19.1 Å². The third kappa shape index (κ3) is 8.29. The van der Waals surface area contributed by atoms with Gasteiger partial charge in [0.25, 0.3) is 10.0 Å². The van der Waals surface area contributed by atoms with Crippen LogP contribution in [0.4, 0.5) is 5.69 Å². The zero-order chi connectivity index (χ0) is 32.6. The highest BCUT2D eigenvalue weighted by molar-refractivity contribution is 7.92. The van der Waals surface area contributed by atoms with Gasteiger partial charge in [0, 0.05) is 39.3 Å². The number of hydrogen-bond acceptors (Lipinski definition) is 6. The third-order valence-corrected chi connectivity index (χ3v) is 9.84. The summed E-state index contributed by atoms with van der Waals surface area (Å²) in [7, 11) is -1.54. The van der Waals surface area contributed by atoms with Gasteiger partial charge in [-0.3, -0.25) is 13.9 Å². The number of benzene rings is 3. The molecule has 3 aromatic carbocycles. The molecule has 0 aromatic heterocycles. The molecule has 0 heterocycles. The molecule has 9 nitrogen and oxygen atoms in total. The molecule has 2 atom stereocenters. The molecular weight excluding hydrogens is 649 g/mol. The fourth-order valence-corrected chi connectivity index (χ4v) is 6.53. The van der Waals surface area contributed by atoms with Crippen molar-refractivity contribution >= 4 is 62.3 Å². The predicted molar refractivity (Wildman–Crippen MR) is 175 cm³/mol. The molecule has 1 N–H and O–H groups in total. The number of hydrogen-bond donors (Lipinski definition) is 1. The Bertz CT molecular complexity index is 1550. The second kappa shape index (κ2) is 15.7. The van der Waals surface area contributed by atoms with Crippen molar-refractivity contribution in [1.29, 1.82) is 0 Å². The topological polar surface area (TPSA) is 105 Å². The molecule has 44 heavy (non-hydrogen) atoms. The lowest BCUT2D eigenvalue weighted by Crippen LogP contribution is -2.53. The summed E-state index contributed by atoms with van der Waals surface area (Å²) < 4.78 is 39.9. The van der Waals surface area contributed by atoms with Gasteiger partial charge in [0.05, 0.1) is 24.8 Å². The van der Waals surface area contributed by atoms with Crippen molar-refractivity contribution in [1.82, 2.24) is 10.2 Å². The average molecular weight is 685 g/mol. The van der Waals surface area contributed by atoms with E-state index in [0.29, 0.717) is 32.8 Å². The van der Waals surface area contributed by atoms with E-state index in [1.165, 1.54) is 61.6 Å². The Kier molecular flexibility index (Phi) is 12.6. The molecule has 0 saturated heterocycles. The minimum absolute atomic E-state index is 0.130. The first-order valence-corrected chi connectivity index (χ1v) is 16.5. The van der Waals surface area contributed by atoms with Gasteiger partial charge in [-0.15, -0.1) is 0 Å². The number of halogens is 3. The van der Waals surface area contributed by atoms with Crippen LogP contribution in [0.2, 0.25) is 15.1 Å². The Hall–Kier alpha value is -3.18. The highest BCUT2D eigenvalue weighted by Gasteiger charge is 2.35. The summed E-state index contributed by atoms with van der Waals surface area (Å²) >= 11 is 19.0. The molecule has 0 bridgehead atoms. The Balaban J connectivity index is 2.13. The highest BCUT2D eigenvalue weighted by atomic mass is 35.5. The lowest BCUT2D eigenvalue weighted by molar-refractivity contribution is -0.140. The van der Waals surface area contributed by atoms with Gasteiger partial charge in [-0.2, -0.15) is 0 Å². The first-order valence-electron chi connectivity index (χ1n) is 13.9. The van der Waals surface area contributed by atoms with Gasteiger partial charge < -0.3 is 19.7 Å². The zero-order valence-corrected chi connectivity index (χ0v) is 28.2. The lowest BCUT2D eigenvalue weighted by atomic mass is 10.1. The number of ether oxygens (including phenoxy) is 2. The maximum absolute atomic E-state index is 14.3. The lowest BCUT2D eigenvalue weighted by Gasteiger charge is -2.34. The minimum atomic E-state index is -4.36. The second-order valence-electron chi connectivity index (χ2n) is 9.97. The Morgan fingerprint density at radius 1 is 0.886 bits per heavy atom. The van der Waals surface area contributed by atoms with Gasteiger partial charge in [0.1, 0.15) is 12.6 Å². The summed E-state index contributed by atoms with van der Waals surface area (Å²) in [5.74, 6) is -0.495. The fraction of sp³-hybridized carbons (Fsp3) is 0.355. The van der Waals surface area contributed by atoms with Gasteiger partial charge in [-0.1, -0.05) is 54.7 Å². The van der Waals surface area contributed by atoms with E-state index in [0.717, 1.165) is 4.31 Å². The number of sulfonamides is 1. The molecule has 0 radical (unpaired) electrons. The van der Waals surface area contributed by atoms with Crippen molar-refractivity contribution in [2.24, 2.45) is 0 Å². The number of carbonyl (C=O) groups excluding carboxylic acids is 2. The first-order chi connectivity index (χ1) is 20.9. The summed E-state index contributed by atoms with van der Waals surface area (Å²) in [4.78, 5) is 28.9. The van der Waals surface area contributed by atoms with Crippen molar-refractivity contribution in [2.75, 3.05) is 25.1 Å². The summed E-state index contributed by atoms with van der Waals surface area (Å²) in [6, 6.07) is 14.0. The van der Waals surface area contributed by atoms with Gasteiger partial charge in [0.15, 0.2) is 11.5 Å². The summed E-state index contributed by atoms with van der Waals surface area (Å²) in [5.41, 5.74) is 0.616. The Morgan fingerprint density at radius 3 is 2.05 bits per heavy atom. The average Bonchev–Trinajstić information content (AvgIpc) is 3.00. The monoisotopic (exact) mass is 683 g/mol. The molecule has 2 unspecified atom stereocenters. The standard InChI is InChI=1S/C31H36Cl3N3O6S/c1-6-20(3)35-31(39)27(7-2)36(18-24-25(33)9-8-10-26(24)34)30(38)19-37(22-13-11-21(32)12-14-22)44(40,41)23-15-16-28(42-4)29(17-23)43-5/h8-17,20,27H,6-7,18-19H2,1-5H3,(H,35,39). The fourth-order valence-electron chi connectivity index (χ4n) is 4.45. The molecule has 0 aliphatic carbocycles. The number of rotatable bonds is 14. The molecule has 0 saturated carbocycles. The van der Waals surface area contributed by atoms with Crippen LogP contribution in [-0.4, -0.2) is 58.0 Å². The number of anilines is 1.